The number of urea groups is 1. The monoisotopic (exact) mass is 272 g/mol. The summed E-state index contributed by atoms with van der Waals surface area (Å²) in [6.45, 7) is 4.00. The molecule has 0 radical (unpaired) electrons. The first-order chi connectivity index (χ1) is 9.02. The summed E-state index contributed by atoms with van der Waals surface area (Å²) in [7, 11) is 0. The average Bonchev–Trinajstić information content (AvgIpc) is 2.30. The van der Waals surface area contributed by atoms with Crippen LogP contribution in [0.15, 0.2) is 47.4 Å². The second kappa shape index (κ2) is 5.80. The van der Waals surface area contributed by atoms with Crippen LogP contribution >= 0.6 is 12.6 Å². The van der Waals surface area contributed by atoms with Crippen molar-refractivity contribution in [1.29, 1.82) is 0 Å². The Labute approximate surface area is 118 Å². The van der Waals surface area contributed by atoms with Gasteiger partial charge < -0.3 is 10.6 Å². The average molecular weight is 272 g/mol. The Hall–Kier alpha value is -1.94. The maximum Gasteiger partial charge on any atom is 0.323 e. The number of aryl methyl sites for hydroxylation is 2. The van der Waals surface area contributed by atoms with E-state index in [4.69, 9.17) is 0 Å². The molecule has 0 aromatic heterocycles. The number of hydrogen-bond acceptors (Lipinski definition) is 2. The molecule has 0 spiro atoms. The summed E-state index contributed by atoms with van der Waals surface area (Å²) in [4.78, 5) is 12.7. The van der Waals surface area contributed by atoms with Crippen molar-refractivity contribution < 1.29 is 4.79 Å². The largest absolute Gasteiger partial charge is 0.323 e. The highest BCUT2D eigenvalue weighted by Crippen LogP contribution is 2.15. The predicted octanol–water partition coefficient (Wildman–Crippen LogP) is 4.24. The molecule has 2 amide bonds. The molecule has 0 fully saturated rings. The van der Waals surface area contributed by atoms with Gasteiger partial charge in [0.15, 0.2) is 0 Å². The van der Waals surface area contributed by atoms with Crippen molar-refractivity contribution in [1.82, 2.24) is 0 Å². The van der Waals surface area contributed by atoms with Gasteiger partial charge in [-0.3, -0.25) is 0 Å². The van der Waals surface area contributed by atoms with Crippen LogP contribution in [0.1, 0.15) is 11.1 Å². The number of rotatable bonds is 2. The molecular formula is C15H16N2OS. The second-order valence-corrected chi connectivity index (χ2v) is 5.02. The summed E-state index contributed by atoms with van der Waals surface area (Å²) in [5.74, 6) is 0. The molecule has 0 aliphatic rings. The predicted molar refractivity (Wildman–Crippen MR) is 82.3 cm³/mol. The fourth-order valence-corrected chi connectivity index (χ4v) is 2.03. The zero-order valence-electron chi connectivity index (χ0n) is 10.9. The molecule has 0 bridgehead atoms. The molecule has 98 valence electrons. The lowest BCUT2D eigenvalue weighted by Crippen LogP contribution is -2.19. The van der Waals surface area contributed by atoms with Gasteiger partial charge in [0.2, 0.25) is 0 Å². The van der Waals surface area contributed by atoms with Gasteiger partial charge in [-0.05, 0) is 61.4 Å². The number of carbonyl (C=O) groups is 1. The highest BCUT2D eigenvalue weighted by molar-refractivity contribution is 7.80. The molecule has 2 rings (SSSR count). The Morgan fingerprint density at radius 1 is 0.895 bits per heavy atom. The van der Waals surface area contributed by atoms with Crippen molar-refractivity contribution in [2.24, 2.45) is 0 Å². The number of carbonyl (C=O) groups excluding carboxylic acids is 1. The van der Waals surface area contributed by atoms with Gasteiger partial charge in [0.1, 0.15) is 0 Å². The van der Waals surface area contributed by atoms with Crippen LogP contribution in [-0.4, -0.2) is 6.03 Å². The Morgan fingerprint density at radius 3 is 2.00 bits per heavy atom. The van der Waals surface area contributed by atoms with Crippen LogP contribution < -0.4 is 10.6 Å². The Kier molecular flexibility index (Phi) is 4.12. The number of benzene rings is 2. The highest BCUT2D eigenvalue weighted by atomic mass is 32.1. The summed E-state index contributed by atoms with van der Waals surface area (Å²) in [5, 5.41) is 5.59. The molecule has 0 aliphatic heterocycles. The Bertz CT molecular complexity index is 573. The molecule has 0 saturated carbocycles. The van der Waals surface area contributed by atoms with E-state index >= 15 is 0 Å². The van der Waals surface area contributed by atoms with Gasteiger partial charge in [-0.15, -0.1) is 12.6 Å². The molecule has 2 aromatic carbocycles. The zero-order valence-corrected chi connectivity index (χ0v) is 11.8. The fraction of sp³-hybridized carbons (Fsp3) is 0.133. The number of thiol groups is 1. The van der Waals surface area contributed by atoms with E-state index in [1.54, 1.807) is 0 Å². The van der Waals surface area contributed by atoms with E-state index in [0.717, 1.165) is 27.4 Å². The lowest BCUT2D eigenvalue weighted by atomic mass is 10.1. The molecule has 0 atom stereocenters. The smallest absolute Gasteiger partial charge is 0.308 e. The normalized spacial score (nSPS) is 10.1. The van der Waals surface area contributed by atoms with E-state index in [1.807, 2.05) is 50.2 Å². The van der Waals surface area contributed by atoms with Crippen LogP contribution in [-0.2, 0) is 0 Å². The van der Waals surface area contributed by atoms with Gasteiger partial charge in [-0.1, -0.05) is 6.07 Å². The maximum absolute atomic E-state index is 11.8. The van der Waals surface area contributed by atoms with Crippen LogP contribution in [0.25, 0.3) is 0 Å². The first-order valence-corrected chi connectivity index (χ1v) is 6.43. The van der Waals surface area contributed by atoms with Crippen molar-refractivity contribution >= 4 is 30.0 Å². The van der Waals surface area contributed by atoms with Gasteiger partial charge >= 0.3 is 6.03 Å². The minimum atomic E-state index is -0.253. The van der Waals surface area contributed by atoms with E-state index in [1.165, 1.54) is 0 Å². The summed E-state index contributed by atoms with van der Waals surface area (Å²) >= 11 is 4.20. The Morgan fingerprint density at radius 2 is 1.42 bits per heavy atom. The molecule has 0 saturated heterocycles. The molecule has 4 heteroatoms. The van der Waals surface area contributed by atoms with E-state index in [-0.39, 0.29) is 6.03 Å². The van der Waals surface area contributed by atoms with Crippen LogP contribution in [0.3, 0.4) is 0 Å². The third kappa shape index (κ3) is 4.03. The first-order valence-electron chi connectivity index (χ1n) is 5.98. The molecule has 19 heavy (non-hydrogen) atoms. The van der Waals surface area contributed by atoms with Crippen LogP contribution in [0.4, 0.5) is 16.2 Å². The van der Waals surface area contributed by atoms with Gasteiger partial charge in [0.25, 0.3) is 0 Å². The molecular weight excluding hydrogens is 256 g/mol. The quantitative estimate of drug-likeness (QED) is 0.703. The molecule has 2 aromatic rings. The third-order valence-corrected chi connectivity index (χ3v) is 2.90. The molecule has 0 aliphatic carbocycles. The highest BCUT2D eigenvalue weighted by Gasteiger charge is 2.03. The standard InChI is InChI=1S/C15H16N2OS/c1-10-7-11(2)9-13(8-10)17-15(18)16-12-3-5-14(19)6-4-12/h3-9,19H,1-2H3,(H2,16,17,18). The number of anilines is 2. The van der Waals surface area contributed by atoms with Gasteiger partial charge in [0, 0.05) is 16.3 Å². The van der Waals surface area contributed by atoms with Crippen molar-refractivity contribution in [3.05, 3.63) is 53.6 Å². The summed E-state index contributed by atoms with van der Waals surface area (Å²) in [6, 6.07) is 13.0. The van der Waals surface area contributed by atoms with E-state index in [0.29, 0.717) is 0 Å². The van der Waals surface area contributed by atoms with Crippen LogP contribution in [0.5, 0.6) is 0 Å². The number of hydrogen-bond donors (Lipinski definition) is 3. The minimum absolute atomic E-state index is 0.253. The molecule has 2 N–H and O–H groups in total. The minimum Gasteiger partial charge on any atom is -0.308 e. The van der Waals surface area contributed by atoms with Crippen molar-refractivity contribution in [3.8, 4) is 0 Å². The van der Waals surface area contributed by atoms with Crippen LogP contribution in [0.2, 0.25) is 0 Å². The number of amides is 2. The second-order valence-electron chi connectivity index (χ2n) is 4.50. The fourth-order valence-electron chi connectivity index (χ4n) is 1.89. The summed E-state index contributed by atoms with van der Waals surface area (Å²) < 4.78 is 0. The molecule has 0 heterocycles. The van der Waals surface area contributed by atoms with Crippen molar-refractivity contribution in [2.75, 3.05) is 10.6 Å². The number of nitrogens with one attached hydrogen (secondary N) is 2. The topological polar surface area (TPSA) is 41.1 Å². The van der Waals surface area contributed by atoms with E-state index < -0.39 is 0 Å². The lowest BCUT2D eigenvalue weighted by Gasteiger charge is -2.09. The third-order valence-electron chi connectivity index (χ3n) is 2.60. The van der Waals surface area contributed by atoms with Gasteiger partial charge in [0.05, 0.1) is 0 Å². The van der Waals surface area contributed by atoms with Crippen molar-refractivity contribution in [2.45, 2.75) is 18.7 Å². The van der Waals surface area contributed by atoms with Crippen molar-refractivity contribution in [3.63, 3.8) is 0 Å². The Balaban J connectivity index is 2.03. The zero-order chi connectivity index (χ0) is 13.8. The molecule has 3 nitrogen and oxygen atoms in total. The van der Waals surface area contributed by atoms with E-state index in [9.17, 15) is 4.79 Å². The molecule has 0 unspecified atom stereocenters. The SMILES string of the molecule is Cc1cc(C)cc(NC(=O)Nc2ccc(S)cc2)c1. The summed E-state index contributed by atoms with van der Waals surface area (Å²) in [5.41, 5.74) is 3.77. The van der Waals surface area contributed by atoms with Crippen LogP contribution in [0, 0.1) is 13.8 Å². The van der Waals surface area contributed by atoms with E-state index in [2.05, 4.69) is 29.3 Å². The van der Waals surface area contributed by atoms with Gasteiger partial charge in [-0.2, -0.15) is 0 Å². The first kappa shape index (κ1) is 13.5. The maximum atomic E-state index is 11.8. The lowest BCUT2D eigenvalue weighted by molar-refractivity contribution is 0.262. The van der Waals surface area contributed by atoms with Gasteiger partial charge in [-0.25, -0.2) is 4.79 Å². The summed E-state index contributed by atoms with van der Waals surface area (Å²) in [6.07, 6.45) is 0.